The quantitative estimate of drug-likeness (QED) is 0.865. The zero-order chi connectivity index (χ0) is 15.7. The molecule has 0 saturated carbocycles. The fourth-order valence-corrected chi connectivity index (χ4v) is 2.04. The maximum atomic E-state index is 10.5. The van der Waals surface area contributed by atoms with E-state index in [2.05, 4.69) is 0 Å². The van der Waals surface area contributed by atoms with Crippen molar-refractivity contribution in [2.45, 2.75) is 45.3 Å². The van der Waals surface area contributed by atoms with Gasteiger partial charge in [-0.25, -0.2) is 0 Å². The van der Waals surface area contributed by atoms with Crippen molar-refractivity contribution in [2.24, 2.45) is 0 Å². The number of carboxylic acid groups (broad SMARTS) is 1. The standard InChI is InChI=1S/C16H21BO4/c1-15(2)16(3,4)21-17(20-15)13-10-8-12(9-11-13)6-5-7-14(18)19/h5-6,8-11H,7H2,1-4H3,(H,18,19). The van der Waals surface area contributed by atoms with Gasteiger partial charge in [0.05, 0.1) is 17.6 Å². The van der Waals surface area contributed by atoms with Gasteiger partial charge in [-0.1, -0.05) is 36.4 Å². The fraction of sp³-hybridized carbons (Fsp3) is 0.438. The summed E-state index contributed by atoms with van der Waals surface area (Å²) in [5.74, 6) is -0.833. The fourth-order valence-electron chi connectivity index (χ4n) is 2.04. The smallest absolute Gasteiger partial charge is 0.481 e. The molecule has 0 spiro atoms. The lowest BCUT2D eigenvalue weighted by atomic mass is 9.79. The Hall–Kier alpha value is -1.59. The summed E-state index contributed by atoms with van der Waals surface area (Å²) < 4.78 is 12.0. The van der Waals surface area contributed by atoms with Crippen LogP contribution >= 0.6 is 0 Å². The van der Waals surface area contributed by atoms with Crippen molar-refractivity contribution in [1.29, 1.82) is 0 Å². The van der Waals surface area contributed by atoms with Crippen LogP contribution in [0.25, 0.3) is 6.08 Å². The zero-order valence-electron chi connectivity index (χ0n) is 12.9. The number of carboxylic acids is 1. The molecule has 0 aromatic heterocycles. The Morgan fingerprint density at radius 3 is 2.14 bits per heavy atom. The van der Waals surface area contributed by atoms with Crippen LogP contribution in [0, 0.1) is 0 Å². The van der Waals surface area contributed by atoms with E-state index in [1.54, 1.807) is 12.2 Å². The first-order valence-corrected chi connectivity index (χ1v) is 7.05. The molecule has 1 heterocycles. The predicted octanol–water partition coefficient (Wildman–Crippen LogP) is 2.47. The molecule has 4 nitrogen and oxygen atoms in total. The summed E-state index contributed by atoms with van der Waals surface area (Å²) in [7, 11) is -0.368. The van der Waals surface area contributed by atoms with E-state index in [-0.39, 0.29) is 24.7 Å². The van der Waals surface area contributed by atoms with Crippen molar-refractivity contribution in [3.05, 3.63) is 35.9 Å². The molecule has 0 amide bonds. The Labute approximate surface area is 125 Å². The van der Waals surface area contributed by atoms with Gasteiger partial charge in [-0.2, -0.15) is 0 Å². The molecule has 1 saturated heterocycles. The number of carbonyl (C=O) groups is 1. The third-order valence-corrected chi connectivity index (χ3v) is 4.06. The van der Waals surface area contributed by atoms with Gasteiger partial charge in [0, 0.05) is 0 Å². The van der Waals surface area contributed by atoms with Gasteiger partial charge in [-0.3, -0.25) is 4.79 Å². The molecule has 21 heavy (non-hydrogen) atoms. The molecule has 1 aromatic rings. The molecule has 2 rings (SSSR count). The SMILES string of the molecule is CC1(C)OB(c2ccc(C=CCC(=O)O)cc2)OC1(C)C. The minimum atomic E-state index is -0.833. The number of hydrogen-bond donors (Lipinski definition) is 1. The maximum Gasteiger partial charge on any atom is 0.494 e. The third-order valence-electron chi connectivity index (χ3n) is 4.06. The van der Waals surface area contributed by atoms with E-state index in [0.717, 1.165) is 11.0 Å². The summed E-state index contributed by atoms with van der Waals surface area (Å²) in [6.07, 6.45) is 3.45. The van der Waals surface area contributed by atoms with Crippen molar-refractivity contribution in [2.75, 3.05) is 0 Å². The molecule has 5 heteroatoms. The highest BCUT2D eigenvalue weighted by Gasteiger charge is 2.51. The van der Waals surface area contributed by atoms with Gasteiger partial charge < -0.3 is 14.4 Å². The highest BCUT2D eigenvalue weighted by molar-refractivity contribution is 6.62. The van der Waals surface area contributed by atoms with Crippen LogP contribution in [0.15, 0.2) is 30.3 Å². The second kappa shape index (κ2) is 5.66. The second-order valence-corrected chi connectivity index (χ2v) is 6.26. The second-order valence-electron chi connectivity index (χ2n) is 6.26. The Bertz CT molecular complexity index is 530. The monoisotopic (exact) mass is 288 g/mol. The van der Waals surface area contributed by atoms with Crippen LogP contribution in [0.4, 0.5) is 0 Å². The predicted molar refractivity (Wildman–Crippen MR) is 83.4 cm³/mol. The van der Waals surface area contributed by atoms with E-state index in [1.165, 1.54) is 0 Å². The molecule has 1 aliphatic heterocycles. The highest BCUT2D eigenvalue weighted by atomic mass is 16.7. The molecule has 1 aliphatic rings. The lowest BCUT2D eigenvalue weighted by molar-refractivity contribution is -0.135. The van der Waals surface area contributed by atoms with Gasteiger partial charge >= 0.3 is 13.1 Å². The van der Waals surface area contributed by atoms with Crippen molar-refractivity contribution in [3.63, 3.8) is 0 Å². The van der Waals surface area contributed by atoms with E-state index in [4.69, 9.17) is 14.4 Å². The Morgan fingerprint density at radius 2 is 1.67 bits per heavy atom. The van der Waals surface area contributed by atoms with E-state index < -0.39 is 5.97 Å². The minimum absolute atomic E-state index is 0.0268. The molecule has 0 radical (unpaired) electrons. The molecular formula is C16H21BO4. The summed E-state index contributed by atoms with van der Waals surface area (Å²) >= 11 is 0. The van der Waals surface area contributed by atoms with Gasteiger partial charge in [-0.05, 0) is 38.7 Å². The molecule has 1 N–H and O–H groups in total. The van der Waals surface area contributed by atoms with Crippen molar-refractivity contribution in [3.8, 4) is 0 Å². The van der Waals surface area contributed by atoms with Crippen molar-refractivity contribution >= 4 is 24.6 Å². The average molecular weight is 288 g/mol. The first-order valence-electron chi connectivity index (χ1n) is 7.05. The zero-order valence-corrected chi connectivity index (χ0v) is 12.9. The summed E-state index contributed by atoms with van der Waals surface area (Å²) in [6.45, 7) is 8.10. The van der Waals surface area contributed by atoms with E-state index >= 15 is 0 Å². The summed E-state index contributed by atoms with van der Waals surface area (Å²) in [5, 5.41) is 8.59. The molecule has 0 unspecified atom stereocenters. The average Bonchev–Trinajstić information content (AvgIpc) is 2.59. The Balaban J connectivity index is 2.07. The minimum Gasteiger partial charge on any atom is -0.481 e. The topological polar surface area (TPSA) is 55.8 Å². The van der Waals surface area contributed by atoms with Crippen LogP contribution in [0.1, 0.15) is 39.7 Å². The highest BCUT2D eigenvalue weighted by Crippen LogP contribution is 2.36. The van der Waals surface area contributed by atoms with Crippen LogP contribution < -0.4 is 5.46 Å². The van der Waals surface area contributed by atoms with Crippen LogP contribution in [0.3, 0.4) is 0 Å². The number of aliphatic carboxylic acids is 1. The number of rotatable bonds is 4. The van der Waals surface area contributed by atoms with Gasteiger partial charge in [-0.15, -0.1) is 0 Å². The molecule has 0 bridgehead atoms. The van der Waals surface area contributed by atoms with Crippen molar-refractivity contribution < 1.29 is 19.2 Å². The summed E-state index contributed by atoms with van der Waals surface area (Å²) in [4.78, 5) is 10.5. The van der Waals surface area contributed by atoms with E-state index in [0.29, 0.717) is 0 Å². The first kappa shape index (κ1) is 15.8. The van der Waals surface area contributed by atoms with Gasteiger partial charge in [0.2, 0.25) is 0 Å². The van der Waals surface area contributed by atoms with Gasteiger partial charge in [0.1, 0.15) is 0 Å². The van der Waals surface area contributed by atoms with Crippen LogP contribution in [-0.2, 0) is 14.1 Å². The Kier molecular flexibility index (Phi) is 4.26. The summed E-state index contributed by atoms with van der Waals surface area (Å²) in [6, 6.07) is 7.75. The molecule has 112 valence electrons. The van der Waals surface area contributed by atoms with Gasteiger partial charge in [0.15, 0.2) is 0 Å². The largest absolute Gasteiger partial charge is 0.494 e. The number of benzene rings is 1. The molecule has 1 aromatic carbocycles. The van der Waals surface area contributed by atoms with Crippen LogP contribution in [-0.4, -0.2) is 29.4 Å². The molecule has 1 fully saturated rings. The molecular weight excluding hydrogens is 267 g/mol. The van der Waals surface area contributed by atoms with E-state index in [9.17, 15) is 4.79 Å². The number of hydrogen-bond acceptors (Lipinski definition) is 3. The normalized spacial score (nSPS) is 20.1. The first-order chi connectivity index (χ1) is 9.71. The molecule has 0 atom stereocenters. The lowest BCUT2D eigenvalue weighted by Gasteiger charge is -2.32. The van der Waals surface area contributed by atoms with Crippen LogP contribution in [0.2, 0.25) is 0 Å². The Morgan fingerprint density at radius 1 is 1.14 bits per heavy atom. The summed E-state index contributed by atoms with van der Waals surface area (Å²) in [5.41, 5.74) is 1.22. The van der Waals surface area contributed by atoms with E-state index in [1.807, 2.05) is 52.0 Å². The third kappa shape index (κ3) is 3.54. The van der Waals surface area contributed by atoms with Crippen molar-refractivity contribution in [1.82, 2.24) is 0 Å². The van der Waals surface area contributed by atoms with Gasteiger partial charge in [0.25, 0.3) is 0 Å². The maximum absolute atomic E-state index is 10.5. The lowest BCUT2D eigenvalue weighted by Crippen LogP contribution is -2.41. The van der Waals surface area contributed by atoms with Crippen LogP contribution in [0.5, 0.6) is 0 Å². The molecule has 0 aliphatic carbocycles.